The van der Waals surface area contributed by atoms with Crippen LogP contribution in [0, 0.1) is 0 Å². The minimum atomic E-state index is 0. The molecule has 0 nitrogen and oxygen atoms in total. The van der Waals surface area contributed by atoms with Gasteiger partial charge < -0.3 is 4.28 Å². The fourth-order valence-electron chi connectivity index (χ4n) is 0. The number of hydrogen-bond donors (Lipinski definition) is 0. The summed E-state index contributed by atoms with van der Waals surface area (Å²) in [4.78, 5) is 0. The molecule has 0 aliphatic heterocycles. The Morgan fingerprint density at radius 3 is 1.60 bits per heavy atom. The maximum atomic E-state index is 2.17. The van der Waals surface area contributed by atoms with Crippen molar-refractivity contribution in [1.82, 2.24) is 0 Å². The Hall–Kier alpha value is 1.13. The van der Waals surface area contributed by atoms with Crippen molar-refractivity contribution in [3.05, 3.63) is 0 Å². The molecule has 0 aromatic rings. The fourth-order valence-corrected chi connectivity index (χ4v) is 0. The van der Waals surface area contributed by atoms with Gasteiger partial charge >= 0.3 is 53.5 Å². The van der Waals surface area contributed by atoms with Crippen LogP contribution in [0.5, 0.6) is 0 Å². The van der Waals surface area contributed by atoms with Crippen molar-refractivity contribution in [2.24, 2.45) is 0 Å². The Labute approximate surface area is 58.1 Å². The van der Waals surface area contributed by atoms with Gasteiger partial charge in [0.2, 0.25) is 0 Å². The van der Waals surface area contributed by atoms with Gasteiger partial charge in [0, 0.05) is 0 Å². The topological polar surface area (TPSA) is 0 Å². The molecule has 0 heterocycles. The van der Waals surface area contributed by atoms with Crippen LogP contribution in [-0.2, 0) is 0 Å². The van der Waals surface area contributed by atoms with Crippen molar-refractivity contribution in [1.29, 1.82) is 0 Å². The molecule has 0 radical (unpaired) electrons. The molecule has 26 valence electrons. The fraction of sp³-hybridized carbons (Fsp3) is 1.00. The summed E-state index contributed by atoms with van der Waals surface area (Å²) in [7, 11) is 0. The van der Waals surface area contributed by atoms with Crippen LogP contribution in [0.1, 0.15) is 18.1 Å². The van der Waals surface area contributed by atoms with Crippen molar-refractivity contribution in [2.75, 3.05) is 0 Å². The normalized spacial score (nSPS) is 7.40. The molecule has 0 saturated heterocycles. The van der Waals surface area contributed by atoms with E-state index < -0.39 is 0 Å². The summed E-state index contributed by atoms with van der Waals surface area (Å²) in [6.07, 6.45) is 0. The molecular formula is C3H10AlLi. The quantitative estimate of drug-likeness (QED) is 0.380. The molecule has 0 fully saturated rings. The summed E-state index contributed by atoms with van der Waals surface area (Å²) in [6, 6.07) is 0. The van der Waals surface area contributed by atoms with Gasteiger partial charge in [0.15, 0.2) is 0 Å². The molecular weight excluding hydrogens is 70.0 g/mol. The summed E-state index contributed by atoms with van der Waals surface area (Å²) in [6.45, 7) is 4.33. The van der Waals surface area contributed by atoms with Gasteiger partial charge in [-0.2, -0.15) is 0 Å². The van der Waals surface area contributed by atoms with Gasteiger partial charge in [0.1, 0.15) is 0 Å². The average molecular weight is 80.0 g/mol. The molecule has 0 aliphatic rings. The zero-order valence-electron chi connectivity index (χ0n) is 7.15. The van der Waals surface area contributed by atoms with Crippen molar-refractivity contribution < 1.29 is 4.28 Å². The van der Waals surface area contributed by atoms with Crippen molar-refractivity contribution >= 4 is 35.1 Å². The third-order valence-electron chi connectivity index (χ3n) is 0. The zero-order valence-corrected chi connectivity index (χ0v) is 5.31. The standard InChI is InChI=1S/C3H7.Al.Li.3H/c1-3-2;;;;;/h3H,1-2H3;;;;;/q;+3;;3*-1. The Balaban J connectivity index is -0.00000000750. The Kier molecular flexibility index (Phi) is 9.70. The predicted molar refractivity (Wildman–Crippen MR) is 29.9 cm³/mol. The van der Waals surface area contributed by atoms with Gasteiger partial charge in [-0.1, -0.05) is 0 Å². The van der Waals surface area contributed by atoms with Crippen LogP contribution in [0.15, 0.2) is 0 Å². The second-order valence-electron chi connectivity index (χ2n) is 1.73. The van der Waals surface area contributed by atoms with Gasteiger partial charge in [-0.05, 0) is 0 Å². The van der Waals surface area contributed by atoms with E-state index in [1.165, 1.54) is 0 Å². The molecule has 0 N–H and O–H groups in total. The molecule has 0 aromatic carbocycles. The molecule has 0 aromatic heterocycles. The second kappa shape index (κ2) is 5.13. The molecule has 0 unspecified atom stereocenters. The van der Waals surface area contributed by atoms with E-state index in [2.05, 4.69) is 31.6 Å². The van der Waals surface area contributed by atoms with Gasteiger partial charge in [0.05, 0.1) is 0 Å². The van der Waals surface area contributed by atoms with Gasteiger partial charge in [0.25, 0.3) is 0 Å². The molecule has 0 amide bonds. The first-order valence-corrected chi connectivity index (χ1v) is 1.73. The van der Waals surface area contributed by atoms with E-state index in [4.69, 9.17) is 0 Å². The number of hydrogen-bond acceptors (Lipinski definition) is 0. The SMILES string of the molecule is [Al+3].[H-].[H-].[H-].[Li][CH](C)C. The van der Waals surface area contributed by atoms with Gasteiger partial charge in [-0.3, -0.25) is 0 Å². The monoisotopic (exact) mass is 80.1 g/mol. The van der Waals surface area contributed by atoms with Gasteiger partial charge in [-0.15, -0.1) is 0 Å². The summed E-state index contributed by atoms with van der Waals surface area (Å²) >= 11 is 2.17. The van der Waals surface area contributed by atoms with E-state index >= 15 is 0 Å². The first-order chi connectivity index (χ1) is 1.73. The average Bonchev–Trinajstić information content (AvgIpc) is 0.811. The first kappa shape index (κ1) is 9.46. The van der Waals surface area contributed by atoms with Crippen molar-refractivity contribution in [3.63, 3.8) is 0 Å². The van der Waals surface area contributed by atoms with Crippen LogP contribution in [0.25, 0.3) is 0 Å². The van der Waals surface area contributed by atoms with Crippen LogP contribution in [0.2, 0.25) is 4.59 Å². The van der Waals surface area contributed by atoms with E-state index in [0.717, 1.165) is 4.59 Å². The molecule has 0 rings (SSSR count). The zero-order chi connectivity index (χ0) is 3.58. The van der Waals surface area contributed by atoms with Crippen LogP contribution < -0.4 is 0 Å². The van der Waals surface area contributed by atoms with Crippen LogP contribution in [0.4, 0.5) is 0 Å². The van der Waals surface area contributed by atoms with E-state index in [-0.39, 0.29) is 21.6 Å². The Morgan fingerprint density at radius 2 is 1.60 bits per heavy atom. The third-order valence-corrected chi connectivity index (χ3v) is 0. The van der Waals surface area contributed by atoms with E-state index in [1.54, 1.807) is 0 Å². The second-order valence-corrected chi connectivity index (χ2v) is 1.73. The molecule has 0 saturated carbocycles. The van der Waals surface area contributed by atoms with E-state index in [9.17, 15) is 0 Å². The summed E-state index contributed by atoms with van der Waals surface area (Å²) in [5.41, 5.74) is 0. The molecule has 0 spiro atoms. The first-order valence-electron chi connectivity index (χ1n) is 1.73. The summed E-state index contributed by atoms with van der Waals surface area (Å²) in [5, 5.41) is 0. The number of rotatable bonds is 0. The molecule has 0 aliphatic carbocycles. The molecule has 0 atom stereocenters. The van der Waals surface area contributed by atoms with Crippen LogP contribution >= 0.6 is 0 Å². The Morgan fingerprint density at radius 1 is 1.60 bits per heavy atom. The maximum absolute atomic E-state index is 2.17. The van der Waals surface area contributed by atoms with Crippen molar-refractivity contribution in [2.45, 2.75) is 18.4 Å². The summed E-state index contributed by atoms with van der Waals surface area (Å²) in [5.74, 6) is 0. The van der Waals surface area contributed by atoms with Gasteiger partial charge in [-0.25, -0.2) is 0 Å². The molecule has 2 heteroatoms. The minimum absolute atomic E-state index is 0. The van der Waals surface area contributed by atoms with Crippen molar-refractivity contribution in [3.8, 4) is 0 Å². The summed E-state index contributed by atoms with van der Waals surface area (Å²) < 4.78 is 0.833. The third kappa shape index (κ3) is 39.4. The predicted octanol–water partition coefficient (Wildman–Crippen LogP) is 0.940. The van der Waals surface area contributed by atoms with E-state index in [0.29, 0.717) is 0 Å². The molecule has 0 bridgehead atoms. The Bertz CT molecular complexity index is 19.2. The van der Waals surface area contributed by atoms with Crippen LogP contribution in [-0.4, -0.2) is 35.1 Å². The van der Waals surface area contributed by atoms with E-state index in [1.807, 2.05) is 0 Å². The molecule has 5 heavy (non-hydrogen) atoms. The van der Waals surface area contributed by atoms with Crippen LogP contribution in [0.3, 0.4) is 0 Å².